The number of halogens is 5. The maximum absolute atomic E-state index is 14.4. The van der Waals surface area contributed by atoms with E-state index in [1.54, 1.807) is 0 Å². The van der Waals surface area contributed by atoms with Gasteiger partial charge >= 0.3 is 6.18 Å². The average molecular weight is 492 g/mol. The topological polar surface area (TPSA) is 89.7 Å². The molecular formula is C20H21F5N4O3S. The van der Waals surface area contributed by atoms with Crippen LogP contribution >= 0.6 is 11.9 Å². The highest BCUT2D eigenvalue weighted by molar-refractivity contribution is 7.97. The highest BCUT2D eigenvalue weighted by atomic mass is 32.2. The van der Waals surface area contributed by atoms with Crippen LogP contribution in [0.25, 0.3) is 0 Å². The lowest BCUT2D eigenvalue weighted by Crippen LogP contribution is -2.51. The first kappa shape index (κ1) is 25.0. The third-order valence-corrected chi connectivity index (χ3v) is 6.14. The lowest BCUT2D eigenvalue weighted by molar-refractivity contribution is -0.262. The van der Waals surface area contributed by atoms with Gasteiger partial charge in [0.05, 0.1) is 19.3 Å². The van der Waals surface area contributed by atoms with Crippen LogP contribution in [-0.4, -0.2) is 49.0 Å². The molecule has 180 valence electrons. The van der Waals surface area contributed by atoms with E-state index in [2.05, 4.69) is 10.3 Å². The molecule has 7 nitrogen and oxygen atoms in total. The van der Waals surface area contributed by atoms with Gasteiger partial charge in [0.15, 0.2) is 17.2 Å². The smallest absolute Gasteiger partial charge is 0.419 e. The molecule has 2 aromatic rings. The summed E-state index contributed by atoms with van der Waals surface area (Å²) in [5.41, 5.74) is -4.65. The molecule has 0 saturated carbocycles. The Morgan fingerprint density at radius 2 is 1.97 bits per heavy atom. The fraction of sp³-hybridized carbons (Fsp3) is 0.400. The molecule has 33 heavy (non-hydrogen) atoms. The van der Waals surface area contributed by atoms with E-state index in [4.69, 9.17) is 14.6 Å². The van der Waals surface area contributed by atoms with E-state index in [1.165, 1.54) is 25.3 Å². The van der Waals surface area contributed by atoms with Gasteiger partial charge in [-0.3, -0.25) is 9.93 Å². The lowest BCUT2D eigenvalue weighted by atomic mass is 9.89. The summed E-state index contributed by atoms with van der Waals surface area (Å²) in [6.07, 6.45) is -4.32. The number of nitrogens with zero attached hydrogens (tertiary/aromatic N) is 2. The second-order valence-corrected chi connectivity index (χ2v) is 8.26. The minimum absolute atomic E-state index is 0.231. The predicted molar refractivity (Wildman–Crippen MR) is 112 cm³/mol. The highest BCUT2D eigenvalue weighted by Crippen LogP contribution is 2.51. The zero-order valence-corrected chi connectivity index (χ0v) is 18.6. The third-order valence-electron chi connectivity index (χ3n) is 5.67. The summed E-state index contributed by atoms with van der Waals surface area (Å²) in [5.74, 6) is -4.11. The van der Waals surface area contributed by atoms with E-state index in [0.717, 1.165) is 43.2 Å². The summed E-state index contributed by atoms with van der Waals surface area (Å²) >= 11 is 0.818. The van der Waals surface area contributed by atoms with Crippen LogP contribution in [0.5, 0.6) is 5.75 Å². The molecule has 0 radical (unpaired) electrons. The van der Waals surface area contributed by atoms with Crippen molar-refractivity contribution in [3.8, 4) is 5.75 Å². The van der Waals surface area contributed by atoms with Crippen LogP contribution in [0.15, 0.2) is 35.5 Å². The quantitative estimate of drug-likeness (QED) is 0.467. The number of nitrogens with two attached hydrogens (primary N) is 1. The van der Waals surface area contributed by atoms with Gasteiger partial charge < -0.3 is 19.7 Å². The summed E-state index contributed by atoms with van der Waals surface area (Å²) < 4.78 is 80.3. The number of alkyl halides is 3. The molecule has 1 fully saturated rings. The van der Waals surface area contributed by atoms with Gasteiger partial charge in [0.2, 0.25) is 11.7 Å². The molecule has 1 aliphatic rings. The number of hydrogen-bond donors (Lipinski definition) is 2. The van der Waals surface area contributed by atoms with Crippen molar-refractivity contribution in [2.45, 2.75) is 35.7 Å². The summed E-state index contributed by atoms with van der Waals surface area (Å²) in [6, 6.07) is 4.68. The van der Waals surface area contributed by atoms with Crippen molar-refractivity contribution in [3.05, 3.63) is 42.1 Å². The van der Waals surface area contributed by atoms with Crippen molar-refractivity contribution in [2.24, 2.45) is 5.14 Å². The maximum Gasteiger partial charge on any atom is 0.419 e. The van der Waals surface area contributed by atoms with E-state index in [0.29, 0.717) is 5.03 Å². The molecule has 2 heterocycles. The summed E-state index contributed by atoms with van der Waals surface area (Å²) in [4.78, 5) is 18.3. The van der Waals surface area contributed by atoms with Gasteiger partial charge in [-0.1, -0.05) is 0 Å². The maximum atomic E-state index is 14.4. The second-order valence-electron chi connectivity index (χ2n) is 7.60. The predicted octanol–water partition coefficient (Wildman–Crippen LogP) is 3.89. The van der Waals surface area contributed by atoms with E-state index in [-0.39, 0.29) is 11.4 Å². The van der Waals surface area contributed by atoms with Gasteiger partial charge in [-0.05, 0) is 43.1 Å². The fourth-order valence-corrected chi connectivity index (χ4v) is 4.20. The number of rotatable bonds is 6. The second kappa shape index (κ2) is 8.95. The molecule has 3 N–H and O–H groups in total. The Morgan fingerprint density at radius 1 is 1.27 bits per heavy atom. The van der Waals surface area contributed by atoms with Crippen molar-refractivity contribution in [3.63, 3.8) is 0 Å². The first-order chi connectivity index (χ1) is 15.4. The number of benzene rings is 1. The van der Waals surface area contributed by atoms with E-state index in [1.807, 2.05) is 0 Å². The van der Waals surface area contributed by atoms with Crippen molar-refractivity contribution in [1.29, 1.82) is 0 Å². The van der Waals surface area contributed by atoms with Crippen molar-refractivity contribution < 1.29 is 36.2 Å². The minimum Gasteiger partial charge on any atom is -0.491 e. The Balaban J connectivity index is 2.12. The number of carbonyl (C=O) groups excluding carboxylic acids is 1. The van der Waals surface area contributed by atoms with Crippen LogP contribution in [0, 0.1) is 11.6 Å². The Kier molecular flexibility index (Phi) is 6.78. The zero-order chi connectivity index (χ0) is 24.6. The number of aromatic nitrogens is 1. The van der Waals surface area contributed by atoms with Gasteiger partial charge in [0, 0.05) is 25.4 Å². The molecule has 1 aromatic carbocycles. The SMILES string of the molecule is COc1c(N2CC(OC)(C(F)(F)F)CC2(C)C(=O)Nc2ccnc(SN)c2)ccc(F)c1F. The van der Waals surface area contributed by atoms with Gasteiger partial charge in [0.25, 0.3) is 0 Å². The van der Waals surface area contributed by atoms with Crippen molar-refractivity contribution >= 4 is 29.2 Å². The minimum atomic E-state index is -4.87. The molecule has 0 aliphatic carbocycles. The molecule has 1 aromatic heterocycles. The summed E-state index contributed by atoms with van der Waals surface area (Å²) in [6.45, 7) is 0.397. The monoisotopic (exact) mass is 492 g/mol. The Labute approximate surface area is 190 Å². The number of methoxy groups -OCH3 is 2. The molecule has 0 spiro atoms. The molecule has 1 saturated heterocycles. The van der Waals surface area contributed by atoms with Crippen LogP contribution < -0.4 is 20.1 Å². The molecule has 2 atom stereocenters. The summed E-state index contributed by atoms with van der Waals surface area (Å²) in [7, 11) is 1.93. The number of pyridine rings is 1. The van der Waals surface area contributed by atoms with Crippen LogP contribution in [0.2, 0.25) is 0 Å². The average Bonchev–Trinajstić information content (AvgIpc) is 3.10. The van der Waals surface area contributed by atoms with Gasteiger partial charge in [-0.15, -0.1) is 0 Å². The molecule has 1 aliphatic heterocycles. The van der Waals surface area contributed by atoms with Gasteiger partial charge in [-0.2, -0.15) is 17.6 Å². The lowest BCUT2D eigenvalue weighted by Gasteiger charge is -2.36. The van der Waals surface area contributed by atoms with Crippen LogP contribution in [0.4, 0.5) is 33.3 Å². The number of nitrogens with one attached hydrogen (secondary N) is 1. The van der Waals surface area contributed by atoms with Gasteiger partial charge in [-0.25, -0.2) is 9.37 Å². The normalized spacial score (nSPS) is 23.0. The number of ether oxygens (including phenoxy) is 2. The summed E-state index contributed by atoms with van der Waals surface area (Å²) in [5, 5.41) is 8.39. The molecule has 0 bridgehead atoms. The van der Waals surface area contributed by atoms with Crippen LogP contribution in [0.3, 0.4) is 0 Å². The highest BCUT2D eigenvalue weighted by Gasteiger charge is 2.67. The van der Waals surface area contributed by atoms with E-state index >= 15 is 0 Å². The van der Waals surface area contributed by atoms with Gasteiger partial charge in [0.1, 0.15) is 10.6 Å². The number of anilines is 2. The Morgan fingerprint density at radius 3 is 2.55 bits per heavy atom. The molecule has 2 unspecified atom stereocenters. The molecule has 1 amide bonds. The Hall–Kier alpha value is -2.64. The van der Waals surface area contributed by atoms with E-state index in [9.17, 15) is 26.7 Å². The van der Waals surface area contributed by atoms with Crippen molar-refractivity contribution in [1.82, 2.24) is 4.98 Å². The van der Waals surface area contributed by atoms with Crippen molar-refractivity contribution in [2.75, 3.05) is 31.0 Å². The molecular weight excluding hydrogens is 471 g/mol. The number of carbonyl (C=O) groups is 1. The fourth-order valence-electron chi connectivity index (χ4n) is 3.88. The Bertz CT molecular complexity index is 1060. The van der Waals surface area contributed by atoms with Crippen LogP contribution in [0.1, 0.15) is 13.3 Å². The number of hydrogen-bond acceptors (Lipinski definition) is 7. The van der Waals surface area contributed by atoms with Crippen LogP contribution in [-0.2, 0) is 9.53 Å². The third kappa shape index (κ3) is 4.32. The molecule has 13 heteroatoms. The first-order valence-electron chi connectivity index (χ1n) is 9.48. The largest absolute Gasteiger partial charge is 0.491 e. The zero-order valence-electron chi connectivity index (χ0n) is 17.8. The number of amides is 1. The first-order valence-corrected chi connectivity index (χ1v) is 10.4. The molecule has 3 rings (SSSR count). The van der Waals surface area contributed by atoms with E-state index < -0.39 is 53.6 Å². The standard InChI is InChI=1S/C20H21F5N4O3S/c1-18(17(30)28-11-6-7-27-14(8-11)33-26)9-19(32-3,20(23,24)25)10-29(18)13-5-4-12(21)15(22)16(13)31-2/h4-8H,9-10,26H2,1-3H3,(H,27,28,30).